The Bertz CT molecular complexity index is 383. The molecule has 1 aliphatic rings. The van der Waals surface area contributed by atoms with Gasteiger partial charge in [-0.15, -0.1) is 6.58 Å². The standard InChI is InChI=1S/C17H25NO/c1-2-7-16-10-5-6-11-17(16)19-13-12-18-14-15-8-3-4-9-15/h2,5-6,10-11,15,18H,1,3-4,7-9,12-14H2. The minimum atomic E-state index is 0.737. The van der Waals surface area contributed by atoms with Gasteiger partial charge in [0, 0.05) is 6.54 Å². The smallest absolute Gasteiger partial charge is 0.122 e. The van der Waals surface area contributed by atoms with Crippen LogP contribution in [0.1, 0.15) is 31.2 Å². The first-order valence-electron chi connectivity index (χ1n) is 7.42. The van der Waals surface area contributed by atoms with Gasteiger partial charge in [-0.3, -0.25) is 0 Å². The summed E-state index contributed by atoms with van der Waals surface area (Å²) in [6.07, 6.45) is 8.41. The van der Waals surface area contributed by atoms with Gasteiger partial charge in [-0.1, -0.05) is 37.1 Å². The molecule has 2 rings (SSSR count). The van der Waals surface area contributed by atoms with Gasteiger partial charge in [-0.25, -0.2) is 0 Å². The Labute approximate surface area is 116 Å². The molecule has 0 radical (unpaired) electrons. The second-order valence-corrected chi connectivity index (χ2v) is 5.30. The Morgan fingerprint density at radius 3 is 2.84 bits per heavy atom. The number of para-hydroxylation sites is 1. The van der Waals surface area contributed by atoms with Gasteiger partial charge in [-0.2, -0.15) is 0 Å². The van der Waals surface area contributed by atoms with Crippen molar-refractivity contribution in [1.29, 1.82) is 0 Å². The van der Waals surface area contributed by atoms with Gasteiger partial charge in [0.2, 0.25) is 0 Å². The highest BCUT2D eigenvalue weighted by Gasteiger charge is 2.13. The molecule has 19 heavy (non-hydrogen) atoms. The van der Waals surface area contributed by atoms with Crippen LogP contribution < -0.4 is 10.1 Å². The van der Waals surface area contributed by atoms with E-state index in [9.17, 15) is 0 Å². The van der Waals surface area contributed by atoms with Crippen molar-refractivity contribution in [2.45, 2.75) is 32.1 Å². The third-order valence-electron chi connectivity index (χ3n) is 3.78. The van der Waals surface area contributed by atoms with Crippen LogP contribution in [0.4, 0.5) is 0 Å². The van der Waals surface area contributed by atoms with Crippen LogP contribution in [-0.4, -0.2) is 19.7 Å². The van der Waals surface area contributed by atoms with Crippen molar-refractivity contribution < 1.29 is 4.74 Å². The minimum Gasteiger partial charge on any atom is -0.492 e. The van der Waals surface area contributed by atoms with E-state index in [4.69, 9.17) is 4.74 Å². The van der Waals surface area contributed by atoms with Crippen molar-refractivity contribution >= 4 is 0 Å². The fourth-order valence-corrected chi connectivity index (χ4v) is 2.72. The Hall–Kier alpha value is -1.28. The van der Waals surface area contributed by atoms with Gasteiger partial charge < -0.3 is 10.1 Å². The number of benzene rings is 1. The summed E-state index contributed by atoms with van der Waals surface area (Å²) < 4.78 is 5.84. The highest BCUT2D eigenvalue weighted by Crippen LogP contribution is 2.23. The topological polar surface area (TPSA) is 21.3 Å². The summed E-state index contributed by atoms with van der Waals surface area (Å²) in [5, 5.41) is 3.50. The normalized spacial score (nSPS) is 15.6. The van der Waals surface area contributed by atoms with Crippen molar-refractivity contribution in [3.05, 3.63) is 42.5 Å². The minimum absolute atomic E-state index is 0.737. The molecule has 1 aliphatic carbocycles. The van der Waals surface area contributed by atoms with Crippen LogP contribution >= 0.6 is 0 Å². The Kier molecular flexibility index (Phi) is 5.96. The van der Waals surface area contributed by atoms with E-state index in [1.807, 2.05) is 24.3 Å². The first-order valence-corrected chi connectivity index (χ1v) is 7.42. The van der Waals surface area contributed by atoms with Crippen molar-refractivity contribution in [1.82, 2.24) is 5.32 Å². The van der Waals surface area contributed by atoms with Crippen LogP contribution in [0.15, 0.2) is 36.9 Å². The third-order valence-corrected chi connectivity index (χ3v) is 3.78. The van der Waals surface area contributed by atoms with Gasteiger partial charge in [0.05, 0.1) is 0 Å². The highest BCUT2D eigenvalue weighted by molar-refractivity contribution is 5.34. The molecular weight excluding hydrogens is 234 g/mol. The Balaban J connectivity index is 1.65. The number of ether oxygens (including phenoxy) is 1. The zero-order chi connectivity index (χ0) is 13.3. The van der Waals surface area contributed by atoms with E-state index in [2.05, 4.69) is 18.0 Å². The average molecular weight is 259 g/mol. The molecule has 1 saturated carbocycles. The second kappa shape index (κ2) is 8.00. The number of hydrogen-bond acceptors (Lipinski definition) is 2. The van der Waals surface area contributed by atoms with Gasteiger partial charge in [0.15, 0.2) is 0 Å². The maximum Gasteiger partial charge on any atom is 0.122 e. The maximum absolute atomic E-state index is 5.84. The Morgan fingerprint density at radius 2 is 2.05 bits per heavy atom. The van der Waals surface area contributed by atoms with Crippen LogP contribution in [0.3, 0.4) is 0 Å². The van der Waals surface area contributed by atoms with Crippen LogP contribution in [0.25, 0.3) is 0 Å². The van der Waals surface area contributed by atoms with Crippen LogP contribution in [0.5, 0.6) is 5.75 Å². The molecule has 0 unspecified atom stereocenters. The lowest BCUT2D eigenvalue weighted by Gasteiger charge is -2.13. The summed E-state index contributed by atoms with van der Waals surface area (Å²) in [6, 6.07) is 8.21. The van der Waals surface area contributed by atoms with Crippen LogP contribution in [-0.2, 0) is 6.42 Å². The number of rotatable bonds is 8. The molecule has 0 saturated heterocycles. The summed E-state index contributed by atoms with van der Waals surface area (Å²) in [5.74, 6) is 1.89. The average Bonchev–Trinajstić information content (AvgIpc) is 2.94. The van der Waals surface area contributed by atoms with Gasteiger partial charge in [0.25, 0.3) is 0 Å². The monoisotopic (exact) mass is 259 g/mol. The molecule has 0 aromatic heterocycles. The molecule has 0 aliphatic heterocycles. The molecule has 104 valence electrons. The van der Waals surface area contributed by atoms with E-state index in [0.29, 0.717) is 0 Å². The van der Waals surface area contributed by atoms with Crippen molar-refractivity contribution in [3.63, 3.8) is 0 Å². The van der Waals surface area contributed by atoms with E-state index < -0.39 is 0 Å². The van der Waals surface area contributed by atoms with E-state index >= 15 is 0 Å². The third kappa shape index (κ3) is 4.71. The molecule has 0 atom stereocenters. The molecule has 0 spiro atoms. The largest absolute Gasteiger partial charge is 0.492 e. The summed E-state index contributed by atoms with van der Waals surface area (Å²) in [7, 11) is 0. The first-order chi connectivity index (χ1) is 9.40. The SMILES string of the molecule is C=CCc1ccccc1OCCNCC1CCCC1. The molecule has 2 heteroatoms. The van der Waals surface area contributed by atoms with Gasteiger partial charge in [0.1, 0.15) is 12.4 Å². The van der Waals surface area contributed by atoms with Gasteiger partial charge in [-0.05, 0) is 43.4 Å². The first kappa shape index (κ1) is 14.1. The number of hydrogen-bond donors (Lipinski definition) is 1. The molecule has 2 nitrogen and oxygen atoms in total. The summed E-state index contributed by atoms with van der Waals surface area (Å²) >= 11 is 0. The second-order valence-electron chi connectivity index (χ2n) is 5.30. The quantitative estimate of drug-likeness (QED) is 0.569. The molecule has 1 aromatic carbocycles. The van der Waals surface area contributed by atoms with Gasteiger partial charge >= 0.3 is 0 Å². The molecule has 1 fully saturated rings. The zero-order valence-electron chi connectivity index (χ0n) is 11.7. The summed E-state index contributed by atoms with van der Waals surface area (Å²) in [6.45, 7) is 6.60. The van der Waals surface area contributed by atoms with E-state index in [1.165, 1.54) is 31.2 Å². The number of nitrogens with one attached hydrogen (secondary N) is 1. The molecule has 1 N–H and O–H groups in total. The molecule has 0 heterocycles. The lowest BCUT2D eigenvalue weighted by atomic mass is 10.1. The van der Waals surface area contributed by atoms with Crippen molar-refractivity contribution in [2.75, 3.05) is 19.7 Å². The zero-order valence-corrected chi connectivity index (χ0v) is 11.7. The van der Waals surface area contributed by atoms with Crippen molar-refractivity contribution in [2.24, 2.45) is 5.92 Å². The lowest BCUT2D eigenvalue weighted by molar-refractivity contribution is 0.306. The lowest BCUT2D eigenvalue weighted by Crippen LogP contribution is -2.26. The predicted molar refractivity (Wildman–Crippen MR) is 80.7 cm³/mol. The number of allylic oxidation sites excluding steroid dienone is 1. The summed E-state index contributed by atoms with van der Waals surface area (Å²) in [5.41, 5.74) is 1.22. The molecule has 0 amide bonds. The summed E-state index contributed by atoms with van der Waals surface area (Å²) in [4.78, 5) is 0. The van der Waals surface area contributed by atoms with Crippen LogP contribution in [0, 0.1) is 5.92 Å². The molecule has 0 bridgehead atoms. The highest BCUT2D eigenvalue weighted by atomic mass is 16.5. The molecule has 1 aromatic rings. The fourth-order valence-electron chi connectivity index (χ4n) is 2.72. The maximum atomic E-state index is 5.84. The Morgan fingerprint density at radius 1 is 1.26 bits per heavy atom. The van der Waals surface area contributed by atoms with E-state index in [-0.39, 0.29) is 0 Å². The van der Waals surface area contributed by atoms with E-state index in [0.717, 1.165) is 37.8 Å². The molecular formula is C17H25NO. The van der Waals surface area contributed by atoms with E-state index in [1.54, 1.807) is 0 Å². The predicted octanol–water partition coefficient (Wildman–Crippen LogP) is 3.57. The van der Waals surface area contributed by atoms with Crippen LogP contribution in [0.2, 0.25) is 0 Å². The fraction of sp³-hybridized carbons (Fsp3) is 0.529. The van der Waals surface area contributed by atoms with Crippen molar-refractivity contribution in [3.8, 4) is 5.75 Å².